The van der Waals surface area contributed by atoms with Gasteiger partial charge in [-0.15, -0.1) is 11.3 Å². The van der Waals surface area contributed by atoms with Gasteiger partial charge in [-0.2, -0.15) is 0 Å². The van der Waals surface area contributed by atoms with Crippen LogP contribution in [-0.4, -0.2) is 11.5 Å². The fourth-order valence-corrected chi connectivity index (χ4v) is 2.11. The van der Waals surface area contributed by atoms with Crippen molar-refractivity contribution in [1.82, 2.24) is 10.3 Å². The topological polar surface area (TPSA) is 24.9 Å². The molecule has 0 unspecified atom stereocenters. The molecule has 60 valence electrons. The summed E-state index contributed by atoms with van der Waals surface area (Å²) in [5.74, 6) is 0. The molecule has 3 heteroatoms. The van der Waals surface area contributed by atoms with E-state index >= 15 is 0 Å². The fourth-order valence-electron chi connectivity index (χ4n) is 1.50. The van der Waals surface area contributed by atoms with Gasteiger partial charge in [-0.05, 0) is 19.4 Å². The van der Waals surface area contributed by atoms with Crippen molar-refractivity contribution in [2.45, 2.75) is 25.3 Å². The Bertz CT molecular complexity index is 202. The molecule has 1 saturated heterocycles. The Balaban J connectivity index is 2.04. The summed E-state index contributed by atoms with van der Waals surface area (Å²) in [5, 5.41) is 5.61. The van der Waals surface area contributed by atoms with Gasteiger partial charge in [-0.3, -0.25) is 0 Å². The van der Waals surface area contributed by atoms with Crippen molar-refractivity contribution in [3.63, 3.8) is 0 Å². The highest BCUT2D eigenvalue weighted by molar-refractivity contribution is 7.07. The molecule has 1 aromatic rings. The van der Waals surface area contributed by atoms with E-state index in [1.54, 1.807) is 11.3 Å². The maximum absolute atomic E-state index is 4.30. The van der Waals surface area contributed by atoms with E-state index in [0.717, 1.165) is 6.54 Å². The van der Waals surface area contributed by atoms with E-state index in [1.807, 2.05) is 5.51 Å². The quantitative estimate of drug-likeness (QED) is 0.693. The second-order valence-electron chi connectivity index (χ2n) is 2.92. The third-order valence-electron chi connectivity index (χ3n) is 2.12. The lowest BCUT2D eigenvalue weighted by atomic mass is 10.0. The van der Waals surface area contributed by atoms with Crippen molar-refractivity contribution in [3.8, 4) is 0 Å². The molecule has 11 heavy (non-hydrogen) atoms. The van der Waals surface area contributed by atoms with Crippen molar-refractivity contribution in [1.29, 1.82) is 0 Å². The van der Waals surface area contributed by atoms with E-state index in [2.05, 4.69) is 15.7 Å². The molecule has 0 spiro atoms. The number of thiazole rings is 1. The third-order valence-corrected chi connectivity index (χ3v) is 2.72. The van der Waals surface area contributed by atoms with Gasteiger partial charge >= 0.3 is 0 Å². The highest BCUT2D eigenvalue weighted by atomic mass is 32.1. The SMILES string of the molecule is c1nc([C@H]2CCCCN2)cs1. The number of hydrogen-bond acceptors (Lipinski definition) is 3. The minimum atomic E-state index is 0.537. The molecule has 0 aliphatic carbocycles. The first-order valence-corrected chi connectivity index (χ1v) is 5.02. The number of hydrogen-bond donors (Lipinski definition) is 1. The zero-order chi connectivity index (χ0) is 7.52. The standard InChI is InChI=1S/C8H12N2S/c1-2-4-9-7(3-1)8-5-11-6-10-8/h5-7,9H,1-4H2/t7-/m1/s1. The molecule has 2 heterocycles. The van der Waals surface area contributed by atoms with Gasteiger partial charge in [-0.25, -0.2) is 4.98 Å². The summed E-state index contributed by atoms with van der Waals surface area (Å²) in [6.45, 7) is 1.15. The summed E-state index contributed by atoms with van der Waals surface area (Å²) in [6.07, 6.45) is 3.92. The summed E-state index contributed by atoms with van der Waals surface area (Å²) in [6, 6.07) is 0.537. The van der Waals surface area contributed by atoms with Crippen LogP contribution >= 0.6 is 11.3 Å². The van der Waals surface area contributed by atoms with Gasteiger partial charge in [0.15, 0.2) is 0 Å². The van der Waals surface area contributed by atoms with E-state index < -0.39 is 0 Å². The molecule has 0 aromatic carbocycles. The number of nitrogens with one attached hydrogen (secondary N) is 1. The lowest BCUT2D eigenvalue weighted by molar-refractivity contribution is 0.406. The van der Waals surface area contributed by atoms with Crippen molar-refractivity contribution in [3.05, 3.63) is 16.6 Å². The molecule has 1 aromatic heterocycles. The van der Waals surface area contributed by atoms with Crippen LogP contribution in [0.3, 0.4) is 0 Å². The van der Waals surface area contributed by atoms with Gasteiger partial charge in [-0.1, -0.05) is 6.42 Å². The monoisotopic (exact) mass is 168 g/mol. The first-order valence-electron chi connectivity index (χ1n) is 4.08. The predicted octanol–water partition coefficient (Wildman–Crippen LogP) is 1.96. The van der Waals surface area contributed by atoms with Crippen LogP contribution in [0, 0.1) is 0 Å². The lowest BCUT2D eigenvalue weighted by Crippen LogP contribution is -2.26. The molecule has 1 atom stereocenters. The van der Waals surface area contributed by atoms with Crippen molar-refractivity contribution in [2.75, 3.05) is 6.54 Å². The predicted molar refractivity (Wildman–Crippen MR) is 46.7 cm³/mol. The molecule has 1 aliphatic heterocycles. The van der Waals surface area contributed by atoms with Crippen LogP contribution in [0.4, 0.5) is 0 Å². The molecule has 0 saturated carbocycles. The van der Waals surface area contributed by atoms with E-state index in [0.29, 0.717) is 6.04 Å². The van der Waals surface area contributed by atoms with E-state index in [1.165, 1.54) is 25.0 Å². The fraction of sp³-hybridized carbons (Fsp3) is 0.625. The zero-order valence-electron chi connectivity index (χ0n) is 6.42. The smallest absolute Gasteiger partial charge is 0.0795 e. The number of rotatable bonds is 1. The average Bonchev–Trinajstić information content (AvgIpc) is 2.58. The highest BCUT2D eigenvalue weighted by Gasteiger charge is 2.15. The van der Waals surface area contributed by atoms with Crippen molar-refractivity contribution >= 4 is 11.3 Å². The number of nitrogens with zero attached hydrogens (tertiary/aromatic N) is 1. The minimum absolute atomic E-state index is 0.537. The van der Waals surface area contributed by atoms with E-state index in [4.69, 9.17) is 0 Å². The summed E-state index contributed by atoms with van der Waals surface area (Å²) in [5.41, 5.74) is 3.14. The molecule has 2 nitrogen and oxygen atoms in total. The van der Waals surface area contributed by atoms with Crippen molar-refractivity contribution in [2.24, 2.45) is 0 Å². The molecular formula is C8H12N2S. The molecule has 1 N–H and O–H groups in total. The Hall–Kier alpha value is -0.410. The maximum Gasteiger partial charge on any atom is 0.0795 e. The Morgan fingerprint density at radius 1 is 1.55 bits per heavy atom. The normalized spacial score (nSPS) is 25.3. The molecular weight excluding hydrogens is 156 g/mol. The van der Waals surface area contributed by atoms with Gasteiger partial charge in [0.1, 0.15) is 0 Å². The number of aromatic nitrogens is 1. The Morgan fingerprint density at radius 2 is 2.55 bits per heavy atom. The summed E-state index contributed by atoms with van der Waals surface area (Å²) in [4.78, 5) is 4.30. The maximum atomic E-state index is 4.30. The van der Waals surface area contributed by atoms with Crippen LogP contribution in [0.15, 0.2) is 10.9 Å². The summed E-state index contributed by atoms with van der Waals surface area (Å²) >= 11 is 1.68. The average molecular weight is 168 g/mol. The summed E-state index contributed by atoms with van der Waals surface area (Å²) < 4.78 is 0. The Kier molecular flexibility index (Phi) is 2.19. The van der Waals surface area contributed by atoms with Crippen LogP contribution < -0.4 is 5.32 Å². The van der Waals surface area contributed by atoms with Gasteiger partial charge in [0.25, 0.3) is 0 Å². The molecule has 1 fully saturated rings. The van der Waals surface area contributed by atoms with Gasteiger partial charge in [0.2, 0.25) is 0 Å². The second-order valence-corrected chi connectivity index (χ2v) is 3.63. The molecule has 2 rings (SSSR count). The minimum Gasteiger partial charge on any atom is -0.309 e. The van der Waals surface area contributed by atoms with Crippen LogP contribution in [0.5, 0.6) is 0 Å². The van der Waals surface area contributed by atoms with Gasteiger partial charge in [0.05, 0.1) is 17.2 Å². The lowest BCUT2D eigenvalue weighted by Gasteiger charge is -2.21. The van der Waals surface area contributed by atoms with Crippen LogP contribution in [0.2, 0.25) is 0 Å². The molecule has 0 amide bonds. The van der Waals surface area contributed by atoms with Gasteiger partial charge in [0, 0.05) is 5.38 Å². The highest BCUT2D eigenvalue weighted by Crippen LogP contribution is 2.21. The molecule has 1 aliphatic rings. The second kappa shape index (κ2) is 3.32. The van der Waals surface area contributed by atoms with Crippen LogP contribution in [0.1, 0.15) is 31.0 Å². The first-order chi connectivity index (χ1) is 5.47. The third kappa shape index (κ3) is 1.60. The Labute approximate surface area is 70.7 Å². The van der Waals surface area contributed by atoms with Crippen LogP contribution in [0.25, 0.3) is 0 Å². The molecule has 0 radical (unpaired) electrons. The summed E-state index contributed by atoms with van der Waals surface area (Å²) in [7, 11) is 0. The largest absolute Gasteiger partial charge is 0.309 e. The van der Waals surface area contributed by atoms with Crippen LogP contribution in [-0.2, 0) is 0 Å². The number of piperidine rings is 1. The molecule has 0 bridgehead atoms. The zero-order valence-corrected chi connectivity index (χ0v) is 7.23. The van der Waals surface area contributed by atoms with Crippen molar-refractivity contribution < 1.29 is 0 Å². The van der Waals surface area contributed by atoms with Gasteiger partial charge < -0.3 is 5.32 Å². The van der Waals surface area contributed by atoms with E-state index in [-0.39, 0.29) is 0 Å². The van der Waals surface area contributed by atoms with E-state index in [9.17, 15) is 0 Å². The Morgan fingerprint density at radius 3 is 3.18 bits per heavy atom. The first kappa shape index (κ1) is 7.25.